The molecule has 1 aliphatic heterocycles. The molecule has 0 bridgehead atoms. The van der Waals surface area contributed by atoms with E-state index in [9.17, 15) is 4.79 Å². The molecular weight excluding hydrogens is 266 g/mol. The highest BCUT2D eigenvalue weighted by atomic mass is 16.5. The lowest BCUT2D eigenvalue weighted by molar-refractivity contribution is -0.0115. The maximum absolute atomic E-state index is 13.0. The van der Waals surface area contributed by atoms with E-state index in [1.807, 2.05) is 37.3 Å². The van der Waals surface area contributed by atoms with Crippen LogP contribution in [0.5, 0.6) is 0 Å². The van der Waals surface area contributed by atoms with Crippen LogP contribution in [-0.4, -0.2) is 42.5 Å². The van der Waals surface area contributed by atoms with Gasteiger partial charge in [0.15, 0.2) is 5.76 Å². The Labute approximate surface area is 124 Å². The molecule has 2 aromatic rings. The number of benzene rings is 1. The van der Waals surface area contributed by atoms with Crippen molar-refractivity contribution in [1.82, 2.24) is 4.90 Å². The van der Waals surface area contributed by atoms with E-state index >= 15 is 0 Å². The van der Waals surface area contributed by atoms with Crippen molar-refractivity contribution in [2.24, 2.45) is 0 Å². The number of para-hydroxylation sites is 1. The summed E-state index contributed by atoms with van der Waals surface area (Å²) in [5, 5.41) is 0.973. The molecule has 1 atom stereocenters. The van der Waals surface area contributed by atoms with Crippen molar-refractivity contribution in [3.8, 4) is 0 Å². The molecule has 0 spiro atoms. The number of nitrogens with zero attached hydrogens (tertiary/aromatic N) is 1. The summed E-state index contributed by atoms with van der Waals surface area (Å²) in [6, 6.07) is 9.58. The van der Waals surface area contributed by atoms with Gasteiger partial charge in [-0.25, -0.2) is 0 Å². The molecule has 0 saturated carbocycles. The van der Waals surface area contributed by atoms with Gasteiger partial charge in [0.2, 0.25) is 5.78 Å². The van der Waals surface area contributed by atoms with Crippen LogP contribution in [0.1, 0.15) is 30.8 Å². The molecule has 1 aromatic heterocycles. The van der Waals surface area contributed by atoms with Gasteiger partial charge in [0.05, 0.1) is 18.8 Å². The van der Waals surface area contributed by atoms with Gasteiger partial charge >= 0.3 is 0 Å². The van der Waals surface area contributed by atoms with Crippen molar-refractivity contribution in [2.45, 2.75) is 25.8 Å². The first-order valence-corrected chi connectivity index (χ1v) is 7.51. The van der Waals surface area contributed by atoms with Crippen molar-refractivity contribution in [3.05, 3.63) is 36.1 Å². The number of fused-ring (bicyclic) bond motifs is 1. The summed E-state index contributed by atoms with van der Waals surface area (Å²) in [4.78, 5) is 15.2. The van der Waals surface area contributed by atoms with Gasteiger partial charge in [-0.15, -0.1) is 0 Å². The monoisotopic (exact) mass is 287 g/mol. The summed E-state index contributed by atoms with van der Waals surface area (Å²) in [6.07, 6.45) is 0.753. The van der Waals surface area contributed by atoms with Gasteiger partial charge in [0, 0.05) is 18.5 Å². The summed E-state index contributed by atoms with van der Waals surface area (Å²) in [5.41, 5.74) is 0.235. The normalized spacial score (nSPS) is 19.5. The molecule has 4 nitrogen and oxygen atoms in total. The summed E-state index contributed by atoms with van der Waals surface area (Å²) in [5.74, 6) is 0.509. The molecule has 4 heteroatoms. The Hall–Kier alpha value is -1.65. The van der Waals surface area contributed by atoms with E-state index in [4.69, 9.17) is 9.15 Å². The first kappa shape index (κ1) is 14.3. The van der Waals surface area contributed by atoms with Crippen LogP contribution in [0, 0.1) is 0 Å². The summed E-state index contributed by atoms with van der Waals surface area (Å²) < 4.78 is 11.2. The van der Waals surface area contributed by atoms with Gasteiger partial charge < -0.3 is 9.15 Å². The standard InChI is InChI=1S/C17H21NO3/c1-3-17(2,18-8-10-20-11-9-18)16(19)15-12-13-6-4-5-7-14(13)21-15/h4-7,12H,3,8-11H2,1-2H3. The van der Waals surface area contributed by atoms with E-state index in [1.165, 1.54) is 0 Å². The Morgan fingerprint density at radius 1 is 1.29 bits per heavy atom. The maximum Gasteiger partial charge on any atom is 0.217 e. The van der Waals surface area contributed by atoms with Gasteiger partial charge in [-0.05, 0) is 25.5 Å². The number of rotatable bonds is 4. The third-order valence-electron chi connectivity index (χ3n) is 4.54. The molecule has 2 heterocycles. The predicted molar refractivity (Wildman–Crippen MR) is 81.6 cm³/mol. The molecule has 1 aliphatic rings. The second-order valence-electron chi connectivity index (χ2n) is 5.70. The van der Waals surface area contributed by atoms with E-state index in [1.54, 1.807) is 0 Å². The first-order valence-electron chi connectivity index (χ1n) is 7.51. The minimum absolute atomic E-state index is 0.0584. The van der Waals surface area contributed by atoms with E-state index < -0.39 is 5.54 Å². The first-order chi connectivity index (χ1) is 10.1. The lowest BCUT2D eigenvalue weighted by atomic mass is 9.89. The van der Waals surface area contributed by atoms with Crippen molar-refractivity contribution in [2.75, 3.05) is 26.3 Å². The molecule has 1 fully saturated rings. The van der Waals surface area contributed by atoms with Crippen LogP contribution in [-0.2, 0) is 4.74 Å². The average molecular weight is 287 g/mol. The molecule has 0 N–H and O–H groups in total. The van der Waals surface area contributed by atoms with Crippen molar-refractivity contribution < 1.29 is 13.9 Å². The van der Waals surface area contributed by atoms with Gasteiger partial charge in [0.1, 0.15) is 5.58 Å². The van der Waals surface area contributed by atoms with Crippen LogP contribution in [0.4, 0.5) is 0 Å². The van der Waals surface area contributed by atoms with Crippen LogP contribution in [0.2, 0.25) is 0 Å². The minimum atomic E-state index is -0.530. The molecule has 1 unspecified atom stereocenters. The van der Waals surface area contributed by atoms with Crippen molar-refractivity contribution in [3.63, 3.8) is 0 Å². The van der Waals surface area contributed by atoms with Gasteiger partial charge in [-0.2, -0.15) is 0 Å². The van der Waals surface area contributed by atoms with Gasteiger partial charge in [-0.1, -0.05) is 25.1 Å². The number of carbonyl (C=O) groups is 1. The molecule has 1 saturated heterocycles. The summed E-state index contributed by atoms with van der Waals surface area (Å²) >= 11 is 0. The Morgan fingerprint density at radius 2 is 2.00 bits per heavy atom. The van der Waals surface area contributed by atoms with E-state index in [-0.39, 0.29) is 5.78 Å². The fourth-order valence-electron chi connectivity index (χ4n) is 2.94. The Balaban J connectivity index is 1.93. The molecule has 21 heavy (non-hydrogen) atoms. The number of ether oxygens (including phenoxy) is 1. The Kier molecular flexibility index (Phi) is 3.83. The Morgan fingerprint density at radius 3 is 2.67 bits per heavy atom. The topological polar surface area (TPSA) is 42.7 Å². The highest BCUT2D eigenvalue weighted by Gasteiger charge is 2.40. The fraction of sp³-hybridized carbons (Fsp3) is 0.471. The molecule has 0 radical (unpaired) electrons. The van der Waals surface area contributed by atoms with Gasteiger partial charge in [-0.3, -0.25) is 9.69 Å². The molecular formula is C17H21NO3. The highest BCUT2D eigenvalue weighted by Crippen LogP contribution is 2.28. The quantitative estimate of drug-likeness (QED) is 0.810. The Bertz CT molecular complexity index is 609. The SMILES string of the molecule is CCC(C)(C(=O)c1cc2ccccc2o1)N1CCOCC1. The number of hydrogen-bond acceptors (Lipinski definition) is 4. The molecule has 3 rings (SSSR count). The molecule has 112 valence electrons. The van der Waals surface area contributed by atoms with Gasteiger partial charge in [0.25, 0.3) is 0 Å². The van der Waals surface area contributed by atoms with Crippen LogP contribution in [0.3, 0.4) is 0 Å². The fourth-order valence-corrected chi connectivity index (χ4v) is 2.94. The van der Waals surface area contributed by atoms with Crippen LogP contribution in [0.15, 0.2) is 34.7 Å². The lowest BCUT2D eigenvalue weighted by Crippen LogP contribution is -2.56. The zero-order valence-electron chi connectivity index (χ0n) is 12.6. The van der Waals surface area contributed by atoms with Crippen LogP contribution >= 0.6 is 0 Å². The lowest BCUT2D eigenvalue weighted by Gasteiger charge is -2.41. The molecule has 0 amide bonds. The number of Topliss-reactive ketones (excluding diaryl/α,β-unsaturated/α-hetero) is 1. The third kappa shape index (κ3) is 2.49. The average Bonchev–Trinajstić information content (AvgIpc) is 2.98. The third-order valence-corrected chi connectivity index (χ3v) is 4.54. The second kappa shape index (κ2) is 5.62. The van der Waals surface area contributed by atoms with E-state index in [0.29, 0.717) is 19.0 Å². The maximum atomic E-state index is 13.0. The van der Waals surface area contributed by atoms with Crippen LogP contribution in [0.25, 0.3) is 11.0 Å². The zero-order chi connectivity index (χ0) is 14.9. The molecule has 0 aliphatic carbocycles. The predicted octanol–water partition coefficient (Wildman–Crippen LogP) is 3.12. The van der Waals surface area contributed by atoms with Crippen LogP contribution < -0.4 is 0 Å². The van der Waals surface area contributed by atoms with E-state index in [2.05, 4.69) is 11.8 Å². The zero-order valence-corrected chi connectivity index (χ0v) is 12.6. The molecule has 1 aromatic carbocycles. The van der Waals surface area contributed by atoms with E-state index in [0.717, 1.165) is 30.5 Å². The highest BCUT2D eigenvalue weighted by molar-refractivity contribution is 6.03. The van der Waals surface area contributed by atoms with Crippen molar-refractivity contribution >= 4 is 16.8 Å². The smallest absolute Gasteiger partial charge is 0.217 e. The summed E-state index contributed by atoms with van der Waals surface area (Å²) in [6.45, 7) is 7.00. The largest absolute Gasteiger partial charge is 0.453 e. The minimum Gasteiger partial charge on any atom is -0.453 e. The number of carbonyl (C=O) groups excluding carboxylic acids is 1. The summed E-state index contributed by atoms with van der Waals surface area (Å²) in [7, 11) is 0. The number of ketones is 1. The number of hydrogen-bond donors (Lipinski definition) is 0. The number of morpholine rings is 1. The number of furan rings is 1. The second-order valence-corrected chi connectivity index (χ2v) is 5.70. The van der Waals surface area contributed by atoms with Crippen molar-refractivity contribution in [1.29, 1.82) is 0 Å².